The standard InChI is InChI=1S/C12H10ClF3N4O2/c13-8-9(10(17)21)19-20-7(12(14,15)16)4-5(18-11(8)20)6-2-1-3-22-6/h1-3,5,7,18H,4H2,(H2,17,21)/t5-,7+/m0/s1. The largest absolute Gasteiger partial charge is 0.467 e. The topological polar surface area (TPSA) is 86.1 Å². The quantitative estimate of drug-likeness (QED) is 0.884. The zero-order valence-electron chi connectivity index (χ0n) is 10.9. The molecule has 3 N–H and O–H groups in total. The van der Waals surface area contributed by atoms with Crippen molar-refractivity contribution in [2.45, 2.75) is 24.7 Å². The number of nitrogens with zero attached hydrogens (tertiary/aromatic N) is 2. The molecule has 0 aromatic carbocycles. The van der Waals surface area contributed by atoms with Gasteiger partial charge in [0, 0.05) is 6.42 Å². The van der Waals surface area contributed by atoms with Gasteiger partial charge in [-0.05, 0) is 12.1 Å². The molecule has 0 spiro atoms. The number of nitrogens with two attached hydrogens (primary N) is 1. The van der Waals surface area contributed by atoms with E-state index in [9.17, 15) is 18.0 Å². The molecule has 0 bridgehead atoms. The number of aromatic nitrogens is 2. The van der Waals surface area contributed by atoms with Crippen LogP contribution in [0.25, 0.3) is 0 Å². The number of amides is 1. The maximum Gasteiger partial charge on any atom is 0.410 e. The number of fused-ring (bicyclic) bond motifs is 1. The molecule has 22 heavy (non-hydrogen) atoms. The third kappa shape index (κ3) is 2.31. The van der Waals surface area contributed by atoms with E-state index in [0.717, 1.165) is 0 Å². The maximum atomic E-state index is 13.3. The molecule has 2 aromatic heterocycles. The van der Waals surface area contributed by atoms with Crippen LogP contribution < -0.4 is 11.1 Å². The van der Waals surface area contributed by atoms with Gasteiger partial charge in [-0.15, -0.1) is 0 Å². The summed E-state index contributed by atoms with van der Waals surface area (Å²) >= 11 is 5.93. The summed E-state index contributed by atoms with van der Waals surface area (Å²) < 4.78 is 45.7. The van der Waals surface area contributed by atoms with Crippen molar-refractivity contribution < 1.29 is 22.4 Å². The van der Waals surface area contributed by atoms with Gasteiger partial charge in [-0.25, -0.2) is 4.68 Å². The van der Waals surface area contributed by atoms with Crippen molar-refractivity contribution in [3.05, 3.63) is 34.9 Å². The van der Waals surface area contributed by atoms with Crippen LogP contribution in [0.5, 0.6) is 0 Å². The van der Waals surface area contributed by atoms with Crippen molar-refractivity contribution in [2.24, 2.45) is 5.73 Å². The summed E-state index contributed by atoms with van der Waals surface area (Å²) in [7, 11) is 0. The van der Waals surface area contributed by atoms with Crippen LogP contribution in [0.15, 0.2) is 22.8 Å². The molecule has 10 heteroatoms. The van der Waals surface area contributed by atoms with E-state index in [0.29, 0.717) is 10.4 Å². The minimum absolute atomic E-state index is 0.106. The van der Waals surface area contributed by atoms with E-state index in [4.69, 9.17) is 21.8 Å². The van der Waals surface area contributed by atoms with Crippen molar-refractivity contribution in [3.63, 3.8) is 0 Å². The average molecular weight is 335 g/mol. The van der Waals surface area contributed by atoms with Gasteiger partial charge in [0.15, 0.2) is 11.7 Å². The number of alkyl halides is 3. The third-order valence-corrected chi connectivity index (χ3v) is 3.77. The minimum atomic E-state index is -4.56. The van der Waals surface area contributed by atoms with E-state index >= 15 is 0 Å². The summed E-state index contributed by atoms with van der Waals surface area (Å²) in [5.41, 5.74) is 4.68. The SMILES string of the molecule is NC(=O)c1nn2c(c1Cl)N[C@H](c1ccco1)C[C@@H]2C(F)(F)F. The molecule has 2 aromatic rings. The monoisotopic (exact) mass is 334 g/mol. The first kappa shape index (κ1) is 14.8. The van der Waals surface area contributed by atoms with Crippen molar-refractivity contribution in [1.82, 2.24) is 9.78 Å². The second kappa shape index (κ2) is 4.94. The lowest BCUT2D eigenvalue weighted by molar-refractivity contribution is -0.174. The Hall–Kier alpha value is -2.16. The minimum Gasteiger partial charge on any atom is -0.467 e. The molecule has 2 atom stereocenters. The fourth-order valence-corrected chi connectivity index (χ4v) is 2.70. The third-order valence-electron chi connectivity index (χ3n) is 3.42. The van der Waals surface area contributed by atoms with Crippen LogP contribution in [0.2, 0.25) is 5.02 Å². The van der Waals surface area contributed by atoms with Crippen molar-refractivity contribution in [1.29, 1.82) is 0 Å². The zero-order chi connectivity index (χ0) is 16.1. The first-order valence-corrected chi connectivity index (χ1v) is 6.61. The zero-order valence-corrected chi connectivity index (χ0v) is 11.6. The number of hydrogen-bond donors (Lipinski definition) is 2. The summed E-state index contributed by atoms with van der Waals surface area (Å²) in [6.45, 7) is 0. The molecular formula is C12H10ClF3N4O2. The van der Waals surface area contributed by atoms with Crippen LogP contribution in [-0.2, 0) is 0 Å². The molecular weight excluding hydrogens is 325 g/mol. The van der Waals surface area contributed by atoms with Crippen molar-refractivity contribution in [2.75, 3.05) is 5.32 Å². The molecule has 3 rings (SSSR count). The molecule has 0 unspecified atom stereocenters. The Morgan fingerprint density at radius 2 is 2.27 bits per heavy atom. The molecule has 6 nitrogen and oxygen atoms in total. The number of carbonyl (C=O) groups is 1. The predicted molar refractivity (Wildman–Crippen MR) is 70.5 cm³/mol. The van der Waals surface area contributed by atoms with Gasteiger partial charge in [-0.2, -0.15) is 18.3 Å². The van der Waals surface area contributed by atoms with Gasteiger partial charge in [-0.1, -0.05) is 11.6 Å². The normalized spacial score (nSPS) is 21.3. The highest BCUT2D eigenvalue weighted by Gasteiger charge is 2.48. The molecule has 118 valence electrons. The maximum absolute atomic E-state index is 13.3. The molecule has 0 fully saturated rings. The number of nitrogens with one attached hydrogen (secondary N) is 1. The van der Waals surface area contributed by atoms with Gasteiger partial charge in [0.25, 0.3) is 5.91 Å². The molecule has 0 radical (unpaired) electrons. The van der Waals surface area contributed by atoms with Gasteiger partial charge in [-0.3, -0.25) is 4.79 Å². The van der Waals surface area contributed by atoms with E-state index in [1.165, 1.54) is 6.26 Å². The van der Waals surface area contributed by atoms with Crippen LogP contribution in [0, 0.1) is 0 Å². The van der Waals surface area contributed by atoms with Crippen LogP contribution >= 0.6 is 11.6 Å². The van der Waals surface area contributed by atoms with Gasteiger partial charge < -0.3 is 15.5 Å². The number of rotatable bonds is 2. The van der Waals surface area contributed by atoms with E-state index in [2.05, 4.69) is 10.4 Å². The molecule has 0 saturated heterocycles. The second-order valence-electron chi connectivity index (χ2n) is 4.83. The highest BCUT2D eigenvalue weighted by molar-refractivity contribution is 6.36. The highest BCUT2D eigenvalue weighted by atomic mass is 35.5. The Kier molecular flexibility index (Phi) is 3.32. The van der Waals surface area contributed by atoms with Crippen LogP contribution in [-0.4, -0.2) is 21.9 Å². The number of anilines is 1. The summed E-state index contributed by atoms with van der Waals surface area (Å²) in [4.78, 5) is 11.2. The van der Waals surface area contributed by atoms with Crippen LogP contribution in [0.4, 0.5) is 19.0 Å². The summed E-state index contributed by atoms with van der Waals surface area (Å²) in [6.07, 6.45) is -3.55. The summed E-state index contributed by atoms with van der Waals surface area (Å²) in [5.74, 6) is -0.770. The lowest BCUT2D eigenvalue weighted by Crippen LogP contribution is -2.35. The fourth-order valence-electron chi connectivity index (χ4n) is 2.42. The fraction of sp³-hybridized carbons (Fsp3) is 0.333. The molecule has 1 amide bonds. The van der Waals surface area contributed by atoms with Gasteiger partial charge in [0.2, 0.25) is 0 Å². The van der Waals surface area contributed by atoms with Crippen molar-refractivity contribution >= 4 is 23.3 Å². The molecule has 3 heterocycles. The van der Waals surface area contributed by atoms with Crippen molar-refractivity contribution in [3.8, 4) is 0 Å². The average Bonchev–Trinajstić information content (AvgIpc) is 3.05. The number of primary amides is 1. The van der Waals surface area contributed by atoms with E-state index in [1.54, 1.807) is 12.1 Å². The van der Waals surface area contributed by atoms with Gasteiger partial charge >= 0.3 is 6.18 Å². The van der Waals surface area contributed by atoms with Crippen LogP contribution in [0.3, 0.4) is 0 Å². The Morgan fingerprint density at radius 1 is 1.55 bits per heavy atom. The first-order valence-electron chi connectivity index (χ1n) is 6.23. The van der Waals surface area contributed by atoms with E-state index in [-0.39, 0.29) is 17.3 Å². The Morgan fingerprint density at radius 3 is 2.82 bits per heavy atom. The lowest BCUT2D eigenvalue weighted by atomic mass is 10.0. The molecule has 1 aliphatic rings. The van der Waals surface area contributed by atoms with E-state index < -0.39 is 29.9 Å². The molecule has 0 aliphatic carbocycles. The number of carbonyl (C=O) groups excluding carboxylic acids is 1. The summed E-state index contributed by atoms with van der Waals surface area (Å²) in [6, 6.07) is 0.440. The molecule has 1 aliphatic heterocycles. The number of halogens is 4. The smallest absolute Gasteiger partial charge is 0.410 e. The van der Waals surface area contributed by atoms with Crippen LogP contribution in [0.1, 0.15) is 34.8 Å². The summed E-state index contributed by atoms with van der Waals surface area (Å²) in [5, 5.41) is 6.18. The predicted octanol–water partition coefficient (Wildman–Crippen LogP) is 2.89. The Bertz CT molecular complexity index is 711. The van der Waals surface area contributed by atoms with Gasteiger partial charge in [0.1, 0.15) is 16.6 Å². The Labute approximate surface area is 127 Å². The number of hydrogen-bond acceptors (Lipinski definition) is 4. The van der Waals surface area contributed by atoms with E-state index in [1.807, 2.05) is 0 Å². The Balaban J connectivity index is 2.10. The molecule has 0 saturated carbocycles. The second-order valence-corrected chi connectivity index (χ2v) is 5.20. The number of furan rings is 1. The highest BCUT2D eigenvalue weighted by Crippen LogP contribution is 2.46. The lowest BCUT2D eigenvalue weighted by Gasteiger charge is -2.32. The first-order chi connectivity index (χ1) is 10.3. The van der Waals surface area contributed by atoms with Gasteiger partial charge in [0.05, 0.1) is 12.3 Å².